The second-order valence-corrected chi connectivity index (χ2v) is 5.54. The molecular formula is C15H19FN4O5. The number of nitrogens with two attached hydrogens (primary N) is 1. The Morgan fingerprint density at radius 3 is 2.48 bits per heavy atom. The van der Waals surface area contributed by atoms with Crippen molar-refractivity contribution in [1.29, 1.82) is 0 Å². The van der Waals surface area contributed by atoms with Crippen molar-refractivity contribution in [3.05, 3.63) is 18.1 Å². The van der Waals surface area contributed by atoms with Crippen LogP contribution >= 0.6 is 0 Å². The molecule has 10 heteroatoms. The highest BCUT2D eigenvalue weighted by Crippen LogP contribution is 2.28. The number of hydrogen-bond donors (Lipinski definition) is 3. The molecule has 2 rings (SSSR count). The van der Waals surface area contributed by atoms with E-state index in [4.69, 9.17) is 15.3 Å². The van der Waals surface area contributed by atoms with E-state index >= 15 is 0 Å². The molecule has 25 heavy (non-hydrogen) atoms. The third-order valence-electron chi connectivity index (χ3n) is 3.91. The summed E-state index contributed by atoms with van der Waals surface area (Å²) < 4.78 is 24.3. The number of carbonyl (C=O) groups excluding carboxylic acids is 3. The van der Waals surface area contributed by atoms with Crippen molar-refractivity contribution in [3.8, 4) is 5.88 Å². The largest absolute Gasteiger partial charge is 0.474 e. The average molecular weight is 354 g/mol. The highest BCUT2D eigenvalue weighted by atomic mass is 19.1. The standard InChI is InChI=1S/C15H19FN4O5/c1-24-15(23)8-2-4-9(5-3-8)25-12-6-10(16)11(7-18-12)19-13(21)14(22)20-17/h6-9H,2-5,17H2,1H3,(H,19,21)(H,20,22). The molecule has 1 aromatic heterocycles. The highest BCUT2D eigenvalue weighted by molar-refractivity contribution is 6.39. The van der Waals surface area contributed by atoms with Crippen LogP contribution in [-0.2, 0) is 19.1 Å². The molecule has 1 fully saturated rings. The van der Waals surface area contributed by atoms with Crippen LogP contribution in [0.5, 0.6) is 5.88 Å². The number of rotatable bonds is 4. The van der Waals surface area contributed by atoms with Crippen LogP contribution in [0, 0.1) is 11.7 Å². The molecule has 9 nitrogen and oxygen atoms in total. The zero-order valence-electron chi connectivity index (χ0n) is 13.6. The summed E-state index contributed by atoms with van der Waals surface area (Å²) in [5, 5.41) is 2.04. The molecule has 1 aliphatic carbocycles. The number of esters is 1. The molecular weight excluding hydrogens is 335 g/mol. The Hall–Kier alpha value is -2.75. The van der Waals surface area contributed by atoms with Crippen molar-refractivity contribution in [2.45, 2.75) is 31.8 Å². The summed E-state index contributed by atoms with van der Waals surface area (Å²) in [5.41, 5.74) is 1.37. The number of amides is 2. The van der Waals surface area contributed by atoms with Crippen LogP contribution in [0.3, 0.4) is 0 Å². The number of nitrogens with one attached hydrogen (secondary N) is 2. The lowest BCUT2D eigenvalue weighted by atomic mass is 9.87. The van der Waals surface area contributed by atoms with Gasteiger partial charge in [0.1, 0.15) is 6.10 Å². The average Bonchev–Trinajstić information content (AvgIpc) is 2.63. The van der Waals surface area contributed by atoms with Crippen molar-refractivity contribution >= 4 is 23.5 Å². The molecule has 0 saturated heterocycles. The molecule has 0 aliphatic heterocycles. The van der Waals surface area contributed by atoms with Crippen molar-refractivity contribution in [3.63, 3.8) is 0 Å². The maximum Gasteiger partial charge on any atom is 0.323 e. The number of aromatic nitrogens is 1. The van der Waals surface area contributed by atoms with Gasteiger partial charge in [0.2, 0.25) is 5.88 Å². The van der Waals surface area contributed by atoms with Gasteiger partial charge in [-0.15, -0.1) is 0 Å². The lowest BCUT2D eigenvalue weighted by Crippen LogP contribution is -2.39. The van der Waals surface area contributed by atoms with E-state index in [1.54, 1.807) is 5.43 Å². The van der Waals surface area contributed by atoms with E-state index < -0.39 is 17.6 Å². The van der Waals surface area contributed by atoms with Crippen molar-refractivity contribution in [2.24, 2.45) is 11.8 Å². The third kappa shape index (κ3) is 4.86. The molecule has 1 aromatic rings. The van der Waals surface area contributed by atoms with Crippen LogP contribution in [0.4, 0.5) is 10.1 Å². The molecule has 1 saturated carbocycles. The Morgan fingerprint density at radius 2 is 1.92 bits per heavy atom. The number of nitrogens with zero attached hydrogens (tertiary/aromatic N) is 1. The van der Waals surface area contributed by atoms with Crippen LogP contribution in [0.15, 0.2) is 12.3 Å². The number of ether oxygens (including phenoxy) is 2. The summed E-state index contributed by atoms with van der Waals surface area (Å²) in [4.78, 5) is 37.7. The fourth-order valence-electron chi connectivity index (χ4n) is 2.57. The maximum atomic E-state index is 14.0. The van der Waals surface area contributed by atoms with E-state index in [0.717, 1.165) is 12.3 Å². The lowest BCUT2D eigenvalue weighted by Gasteiger charge is -2.27. The zero-order chi connectivity index (χ0) is 18.4. The van der Waals surface area contributed by atoms with Crippen molar-refractivity contribution in [2.75, 3.05) is 12.4 Å². The molecule has 0 aromatic carbocycles. The molecule has 1 aliphatic rings. The monoisotopic (exact) mass is 354 g/mol. The van der Waals surface area contributed by atoms with Gasteiger partial charge in [0.05, 0.1) is 24.9 Å². The Bertz CT molecular complexity index is 661. The van der Waals surface area contributed by atoms with Gasteiger partial charge in [-0.3, -0.25) is 19.8 Å². The summed E-state index contributed by atoms with van der Waals surface area (Å²) >= 11 is 0. The maximum absolute atomic E-state index is 14.0. The fraction of sp³-hybridized carbons (Fsp3) is 0.467. The lowest BCUT2D eigenvalue weighted by molar-refractivity contribution is -0.147. The van der Waals surface area contributed by atoms with Crippen molar-refractivity contribution < 1.29 is 28.2 Å². The molecule has 0 spiro atoms. The number of hydrogen-bond acceptors (Lipinski definition) is 7. The number of halogens is 1. The molecule has 4 N–H and O–H groups in total. The first-order chi connectivity index (χ1) is 11.9. The fourth-order valence-corrected chi connectivity index (χ4v) is 2.57. The number of hydrazine groups is 1. The minimum Gasteiger partial charge on any atom is -0.474 e. The van der Waals surface area contributed by atoms with Crippen LogP contribution < -0.4 is 21.3 Å². The van der Waals surface area contributed by atoms with Crippen LogP contribution in [0.2, 0.25) is 0 Å². The predicted octanol–water partition coefficient (Wildman–Crippen LogP) is 0.260. The minimum absolute atomic E-state index is 0.0558. The second kappa shape index (κ2) is 8.38. The molecule has 136 valence electrons. The summed E-state index contributed by atoms with van der Waals surface area (Å²) in [6.45, 7) is 0. The third-order valence-corrected chi connectivity index (χ3v) is 3.91. The van der Waals surface area contributed by atoms with E-state index in [9.17, 15) is 18.8 Å². The van der Waals surface area contributed by atoms with Gasteiger partial charge in [0.15, 0.2) is 5.82 Å². The van der Waals surface area contributed by atoms with Crippen molar-refractivity contribution in [1.82, 2.24) is 10.4 Å². The molecule has 0 atom stereocenters. The van der Waals surface area contributed by atoms with E-state index in [0.29, 0.717) is 25.7 Å². The van der Waals surface area contributed by atoms with Gasteiger partial charge in [0, 0.05) is 6.07 Å². The zero-order valence-corrected chi connectivity index (χ0v) is 13.6. The summed E-state index contributed by atoms with van der Waals surface area (Å²) in [6.07, 6.45) is 3.36. The van der Waals surface area contributed by atoms with Gasteiger partial charge >= 0.3 is 17.8 Å². The summed E-state index contributed by atoms with van der Waals surface area (Å²) in [7, 11) is 1.36. The number of anilines is 1. The highest BCUT2D eigenvalue weighted by Gasteiger charge is 2.28. The Labute approximate surface area is 143 Å². The summed E-state index contributed by atoms with van der Waals surface area (Å²) in [5.74, 6) is 1.48. The first kappa shape index (κ1) is 18.6. The molecule has 2 amide bonds. The Balaban J connectivity index is 1.92. The first-order valence-corrected chi connectivity index (χ1v) is 7.66. The first-order valence-electron chi connectivity index (χ1n) is 7.66. The molecule has 0 radical (unpaired) electrons. The number of carbonyl (C=O) groups is 3. The van der Waals surface area contributed by atoms with Gasteiger partial charge in [-0.05, 0) is 25.7 Å². The van der Waals surface area contributed by atoms with E-state index in [1.807, 2.05) is 5.32 Å². The normalized spacial score (nSPS) is 19.6. The number of methoxy groups -OCH3 is 1. The predicted molar refractivity (Wildman–Crippen MR) is 83.5 cm³/mol. The SMILES string of the molecule is COC(=O)C1CCC(Oc2cc(F)c(NC(=O)C(=O)NN)cn2)CC1. The van der Waals surface area contributed by atoms with E-state index in [-0.39, 0.29) is 29.6 Å². The van der Waals surface area contributed by atoms with E-state index in [1.165, 1.54) is 7.11 Å². The van der Waals surface area contributed by atoms with Crippen LogP contribution in [0.25, 0.3) is 0 Å². The van der Waals surface area contributed by atoms with Crippen LogP contribution in [-0.4, -0.2) is 36.0 Å². The summed E-state index contributed by atoms with van der Waals surface area (Å²) in [6, 6.07) is 1.02. The van der Waals surface area contributed by atoms with Gasteiger partial charge in [-0.25, -0.2) is 15.2 Å². The quantitative estimate of drug-likeness (QED) is 0.232. The van der Waals surface area contributed by atoms with E-state index in [2.05, 4.69) is 4.98 Å². The molecule has 1 heterocycles. The Kier molecular flexibility index (Phi) is 6.23. The van der Waals surface area contributed by atoms with Gasteiger partial charge in [0.25, 0.3) is 0 Å². The van der Waals surface area contributed by atoms with Crippen LogP contribution in [0.1, 0.15) is 25.7 Å². The molecule has 0 unspecified atom stereocenters. The van der Waals surface area contributed by atoms with Gasteiger partial charge < -0.3 is 14.8 Å². The second-order valence-electron chi connectivity index (χ2n) is 5.54. The number of pyridine rings is 1. The smallest absolute Gasteiger partial charge is 0.323 e. The van der Waals surface area contributed by atoms with Gasteiger partial charge in [-0.2, -0.15) is 0 Å². The Morgan fingerprint density at radius 1 is 1.24 bits per heavy atom. The van der Waals surface area contributed by atoms with Gasteiger partial charge in [-0.1, -0.05) is 0 Å². The topological polar surface area (TPSA) is 133 Å². The minimum atomic E-state index is -1.11. The molecule has 0 bridgehead atoms.